The third-order valence-electron chi connectivity index (χ3n) is 4.35. The van der Waals surface area contributed by atoms with Crippen LogP contribution in [0.2, 0.25) is 0 Å². The maximum atomic E-state index is 13.8. The number of piperazine rings is 1. The van der Waals surface area contributed by atoms with Crippen molar-refractivity contribution >= 4 is 5.91 Å². The second-order valence-electron chi connectivity index (χ2n) is 5.86. The lowest BCUT2D eigenvalue weighted by Crippen LogP contribution is -2.48. The molecule has 4 nitrogen and oxygen atoms in total. The molecule has 0 N–H and O–H groups in total. The Balaban J connectivity index is 1.60. The van der Waals surface area contributed by atoms with E-state index in [2.05, 4.69) is 11.0 Å². The van der Waals surface area contributed by atoms with E-state index >= 15 is 0 Å². The molecule has 1 saturated heterocycles. The van der Waals surface area contributed by atoms with Crippen molar-refractivity contribution < 1.29 is 13.9 Å². The summed E-state index contributed by atoms with van der Waals surface area (Å²) in [5, 5.41) is 0. The first-order chi connectivity index (χ1) is 11.7. The van der Waals surface area contributed by atoms with Crippen LogP contribution in [0, 0.1) is 5.82 Å². The maximum absolute atomic E-state index is 13.8. The Morgan fingerprint density at radius 2 is 1.71 bits per heavy atom. The minimum Gasteiger partial charge on any atom is -0.496 e. The number of carbonyl (C=O) groups is 1. The normalized spacial score (nSPS) is 15.3. The number of rotatable bonds is 4. The van der Waals surface area contributed by atoms with Gasteiger partial charge in [0.2, 0.25) is 0 Å². The van der Waals surface area contributed by atoms with Gasteiger partial charge >= 0.3 is 0 Å². The van der Waals surface area contributed by atoms with Gasteiger partial charge < -0.3 is 9.64 Å². The van der Waals surface area contributed by atoms with Gasteiger partial charge in [0.05, 0.1) is 12.7 Å². The SMILES string of the molecule is COc1ccccc1CN1CCN(C(=O)c2ccccc2F)CC1. The quantitative estimate of drug-likeness (QED) is 0.865. The highest BCUT2D eigenvalue weighted by atomic mass is 19.1. The summed E-state index contributed by atoms with van der Waals surface area (Å²) in [6.07, 6.45) is 0. The summed E-state index contributed by atoms with van der Waals surface area (Å²) >= 11 is 0. The molecular weight excluding hydrogens is 307 g/mol. The third-order valence-corrected chi connectivity index (χ3v) is 4.35. The lowest BCUT2D eigenvalue weighted by molar-refractivity contribution is 0.0623. The highest BCUT2D eigenvalue weighted by molar-refractivity contribution is 5.94. The number of hydrogen-bond donors (Lipinski definition) is 0. The number of amides is 1. The molecule has 0 aromatic heterocycles. The van der Waals surface area contributed by atoms with Crippen LogP contribution in [0.25, 0.3) is 0 Å². The van der Waals surface area contributed by atoms with Crippen molar-refractivity contribution in [1.29, 1.82) is 0 Å². The Bertz CT molecular complexity index is 712. The van der Waals surface area contributed by atoms with Gasteiger partial charge in [-0.15, -0.1) is 0 Å². The van der Waals surface area contributed by atoms with Gasteiger partial charge in [-0.1, -0.05) is 30.3 Å². The molecule has 0 bridgehead atoms. The number of hydrogen-bond acceptors (Lipinski definition) is 3. The van der Waals surface area contributed by atoms with Crippen LogP contribution in [0.5, 0.6) is 5.75 Å². The molecular formula is C19H21FN2O2. The molecule has 0 radical (unpaired) electrons. The van der Waals surface area contributed by atoms with Crippen LogP contribution in [0.1, 0.15) is 15.9 Å². The molecule has 126 valence electrons. The van der Waals surface area contributed by atoms with Crippen LogP contribution in [0.3, 0.4) is 0 Å². The summed E-state index contributed by atoms with van der Waals surface area (Å²) in [4.78, 5) is 16.4. The van der Waals surface area contributed by atoms with Gasteiger partial charge in [-0.05, 0) is 18.2 Å². The summed E-state index contributed by atoms with van der Waals surface area (Å²) in [5.41, 5.74) is 1.28. The van der Waals surface area contributed by atoms with Crippen molar-refractivity contribution in [2.75, 3.05) is 33.3 Å². The summed E-state index contributed by atoms with van der Waals surface area (Å²) in [7, 11) is 1.67. The summed E-state index contributed by atoms with van der Waals surface area (Å²) in [6.45, 7) is 3.51. The minimum absolute atomic E-state index is 0.149. The fourth-order valence-electron chi connectivity index (χ4n) is 2.99. The number of para-hydroxylation sites is 1. The Hall–Kier alpha value is -2.40. The summed E-state index contributed by atoms with van der Waals surface area (Å²) in [6, 6.07) is 14.1. The fourth-order valence-corrected chi connectivity index (χ4v) is 2.99. The van der Waals surface area contributed by atoms with E-state index in [-0.39, 0.29) is 11.5 Å². The van der Waals surface area contributed by atoms with E-state index < -0.39 is 5.82 Å². The number of benzene rings is 2. The van der Waals surface area contributed by atoms with Crippen molar-refractivity contribution in [1.82, 2.24) is 9.80 Å². The van der Waals surface area contributed by atoms with Crippen LogP contribution in [0.4, 0.5) is 4.39 Å². The van der Waals surface area contributed by atoms with Crippen molar-refractivity contribution in [2.24, 2.45) is 0 Å². The van der Waals surface area contributed by atoms with E-state index in [9.17, 15) is 9.18 Å². The molecule has 24 heavy (non-hydrogen) atoms. The summed E-state index contributed by atoms with van der Waals surface area (Å²) in [5.74, 6) is 0.186. The third kappa shape index (κ3) is 3.57. The number of ether oxygens (including phenoxy) is 1. The van der Waals surface area contributed by atoms with Gasteiger partial charge in [0, 0.05) is 38.3 Å². The first kappa shape index (κ1) is 16.5. The Morgan fingerprint density at radius 3 is 2.42 bits per heavy atom. The zero-order valence-corrected chi connectivity index (χ0v) is 13.7. The van der Waals surface area contributed by atoms with Gasteiger partial charge in [0.25, 0.3) is 5.91 Å². The molecule has 0 unspecified atom stereocenters. The van der Waals surface area contributed by atoms with Crippen molar-refractivity contribution in [3.8, 4) is 5.75 Å². The van der Waals surface area contributed by atoms with Crippen molar-refractivity contribution in [3.05, 3.63) is 65.5 Å². The molecule has 3 rings (SSSR count). The predicted molar refractivity (Wildman–Crippen MR) is 90.6 cm³/mol. The van der Waals surface area contributed by atoms with Gasteiger partial charge in [-0.25, -0.2) is 4.39 Å². The van der Waals surface area contributed by atoms with E-state index in [1.807, 2.05) is 18.2 Å². The monoisotopic (exact) mass is 328 g/mol. The Labute approximate surface area is 141 Å². The van der Waals surface area contributed by atoms with E-state index in [1.54, 1.807) is 30.2 Å². The second kappa shape index (κ2) is 7.45. The van der Waals surface area contributed by atoms with Gasteiger partial charge in [-0.3, -0.25) is 9.69 Å². The zero-order valence-electron chi connectivity index (χ0n) is 13.7. The Morgan fingerprint density at radius 1 is 1.04 bits per heavy atom. The molecule has 1 aliphatic heterocycles. The molecule has 1 aliphatic rings. The summed E-state index contributed by atoms with van der Waals surface area (Å²) < 4.78 is 19.2. The van der Waals surface area contributed by atoms with E-state index in [4.69, 9.17) is 4.74 Å². The second-order valence-corrected chi connectivity index (χ2v) is 5.86. The predicted octanol–water partition coefficient (Wildman–Crippen LogP) is 2.79. The number of nitrogens with zero attached hydrogens (tertiary/aromatic N) is 2. The van der Waals surface area contributed by atoms with Crippen LogP contribution in [0.15, 0.2) is 48.5 Å². The fraction of sp³-hybridized carbons (Fsp3) is 0.316. The van der Waals surface area contributed by atoms with Gasteiger partial charge in [0.1, 0.15) is 11.6 Å². The lowest BCUT2D eigenvalue weighted by Gasteiger charge is -2.35. The van der Waals surface area contributed by atoms with Gasteiger partial charge in [-0.2, -0.15) is 0 Å². The standard InChI is InChI=1S/C19H21FN2O2/c1-24-18-9-5-2-6-15(18)14-21-10-12-22(13-11-21)19(23)16-7-3-4-8-17(16)20/h2-9H,10-14H2,1H3. The zero-order chi connectivity index (χ0) is 16.9. The molecule has 0 aliphatic carbocycles. The maximum Gasteiger partial charge on any atom is 0.256 e. The molecule has 2 aromatic rings. The van der Waals surface area contributed by atoms with Crippen LogP contribution in [-0.2, 0) is 6.54 Å². The highest BCUT2D eigenvalue weighted by Gasteiger charge is 2.24. The average Bonchev–Trinajstić information content (AvgIpc) is 2.63. The first-order valence-corrected chi connectivity index (χ1v) is 8.07. The molecule has 0 atom stereocenters. The van der Waals surface area contributed by atoms with Gasteiger partial charge in [0.15, 0.2) is 0 Å². The number of methoxy groups -OCH3 is 1. The molecule has 1 heterocycles. The number of carbonyl (C=O) groups excluding carboxylic acids is 1. The molecule has 1 fully saturated rings. The van der Waals surface area contributed by atoms with E-state index in [1.165, 1.54) is 6.07 Å². The average molecular weight is 328 g/mol. The van der Waals surface area contributed by atoms with E-state index in [0.717, 1.165) is 30.9 Å². The van der Waals surface area contributed by atoms with E-state index in [0.29, 0.717) is 13.1 Å². The minimum atomic E-state index is -0.459. The lowest BCUT2D eigenvalue weighted by atomic mass is 10.1. The first-order valence-electron chi connectivity index (χ1n) is 8.07. The van der Waals surface area contributed by atoms with Crippen molar-refractivity contribution in [2.45, 2.75) is 6.54 Å². The topological polar surface area (TPSA) is 32.8 Å². The number of halogens is 1. The highest BCUT2D eigenvalue weighted by Crippen LogP contribution is 2.20. The molecule has 0 spiro atoms. The smallest absolute Gasteiger partial charge is 0.256 e. The van der Waals surface area contributed by atoms with Crippen molar-refractivity contribution in [3.63, 3.8) is 0 Å². The van der Waals surface area contributed by atoms with Crippen LogP contribution in [-0.4, -0.2) is 49.0 Å². The largest absolute Gasteiger partial charge is 0.496 e. The molecule has 2 aromatic carbocycles. The van der Waals surface area contributed by atoms with Crippen LogP contribution < -0.4 is 4.74 Å². The molecule has 1 amide bonds. The van der Waals surface area contributed by atoms with Crippen LogP contribution >= 0.6 is 0 Å². The molecule has 5 heteroatoms. The Kier molecular flexibility index (Phi) is 5.11. The molecule has 0 saturated carbocycles.